The normalized spacial score (nSPS) is 24.2. The van der Waals surface area contributed by atoms with E-state index < -0.39 is 0 Å². The van der Waals surface area contributed by atoms with Gasteiger partial charge in [-0.3, -0.25) is 4.90 Å². The maximum Gasteiger partial charge on any atom is 0.0169 e. The van der Waals surface area contributed by atoms with E-state index in [1.54, 1.807) is 0 Å². The first kappa shape index (κ1) is 12.7. The summed E-state index contributed by atoms with van der Waals surface area (Å²) >= 11 is 0. The van der Waals surface area contributed by atoms with Crippen LogP contribution in [0.25, 0.3) is 5.57 Å². The van der Waals surface area contributed by atoms with Gasteiger partial charge in [-0.05, 0) is 42.7 Å². The molecule has 1 unspecified atom stereocenters. The fourth-order valence-corrected chi connectivity index (χ4v) is 3.18. The van der Waals surface area contributed by atoms with Gasteiger partial charge >= 0.3 is 0 Å². The zero-order chi connectivity index (χ0) is 12.9. The monoisotopic (exact) mass is 253 g/mol. The summed E-state index contributed by atoms with van der Waals surface area (Å²) in [4.78, 5) is 2.62. The molecule has 1 aliphatic carbocycles. The van der Waals surface area contributed by atoms with Gasteiger partial charge in [-0.15, -0.1) is 0 Å². The summed E-state index contributed by atoms with van der Waals surface area (Å²) in [5.41, 5.74) is 2.93. The Balaban J connectivity index is 1.56. The molecule has 2 aliphatic rings. The van der Waals surface area contributed by atoms with Gasteiger partial charge in [0.2, 0.25) is 0 Å². The lowest BCUT2D eigenvalue weighted by Crippen LogP contribution is -2.33. The molecule has 100 valence electrons. The average molecular weight is 253 g/mol. The smallest absolute Gasteiger partial charge is 0.0169 e. The molecule has 0 saturated carbocycles. The molecule has 1 atom stereocenters. The van der Waals surface area contributed by atoms with E-state index >= 15 is 0 Å². The second-order valence-corrected chi connectivity index (χ2v) is 5.76. The Hall–Kier alpha value is -1.34. The molecular formula is C18H23N. The second kappa shape index (κ2) is 6.21. The highest BCUT2D eigenvalue weighted by Gasteiger charge is 2.17. The minimum absolute atomic E-state index is 0.886. The van der Waals surface area contributed by atoms with Crippen molar-refractivity contribution in [1.29, 1.82) is 0 Å². The molecular weight excluding hydrogens is 230 g/mol. The van der Waals surface area contributed by atoms with E-state index in [1.165, 1.54) is 49.9 Å². The SMILES string of the molecule is C1=CCC(CN2CC=C(c3ccccc3)CC2)CC1. The van der Waals surface area contributed by atoms with E-state index in [0.29, 0.717) is 0 Å². The zero-order valence-electron chi connectivity index (χ0n) is 11.6. The van der Waals surface area contributed by atoms with Crippen LogP contribution in [-0.2, 0) is 0 Å². The molecule has 1 heteroatoms. The van der Waals surface area contributed by atoms with Crippen LogP contribution in [0.4, 0.5) is 0 Å². The van der Waals surface area contributed by atoms with E-state index in [2.05, 4.69) is 53.5 Å². The molecule has 3 rings (SSSR count). The molecule has 1 nitrogen and oxygen atoms in total. The summed E-state index contributed by atoms with van der Waals surface area (Å²) in [5, 5.41) is 0. The molecule has 0 bridgehead atoms. The summed E-state index contributed by atoms with van der Waals surface area (Å²) in [7, 11) is 0. The van der Waals surface area contributed by atoms with Gasteiger partial charge in [-0.25, -0.2) is 0 Å². The van der Waals surface area contributed by atoms with Gasteiger partial charge in [0.25, 0.3) is 0 Å². The molecule has 0 radical (unpaired) electrons. The van der Waals surface area contributed by atoms with Gasteiger partial charge in [-0.1, -0.05) is 48.6 Å². The molecule has 0 spiro atoms. The Bertz CT molecular complexity index is 458. The van der Waals surface area contributed by atoms with Gasteiger partial charge in [0, 0.05) is 19.6 Å². The van der Waals surface area contributed by atoms with Crippen molar-refractivity contribution in [3.05, 3.63) is 54.1 Å². The minimum Gasteiger partial charge on any atom is -0.299 e. The Morgan fingerprint density at radius 3 is 2.68 bits per heavy atom. The topological polar surface area (TPSA) is 3.24 Å². The number of rotatable bonds is 3. The van der Waals surface area contributed by atoms with Crippen LogP contribution >= 0.6 is 0 Å². The molecule has 1 aliphatic heterocycles. The standard InChI is InChI=1S/C18H23N/c1-3-7-16(8-4-1)15-19-13-11-18(12-14-19)17-9-5-2-6-10-17/h1-3,5-6,9-11,16H,4,7-8,12-15H2. The fraction of sp³-hybridized carbons (Fsp3) is 0.444. The largest absolute Gasteiger partial charge is 0.299 e. The van der Waals surface area contributed by atoms with Crippen molar-refractivity contribution >= 4 is 5.57 Å². The first-order valence-corrected chi connectivity index (χ1v) is 7.53. The molecule has 1 heterocycles. The van der Waals surface area contributed by atoms with Crippen molar-refractivity contribution < 1.29 is 0 Å². The van der Waals surface area contributed by atoms with Crippen molar-refractivity contribution in [2.75, 3.05) is 19.6 Å². The summed E-state index contributed by atoms with van der Waals surface area (Å²) in [6.45, 7) is 3.63. The maximum atomic E-state index is 2.62. The maximum absolute atomic E-state index is 2.62. The number of hydrogen-bond acceptors (Lipinski definition) is 1. The van der Waals surface area contributed by atoms with Gasteiger partial charge in [0.1, 0.15) is 0 Å². The first-order chi connectivity index (χ1) is 9.42. The highest BCUT2D eigenvalue weighted by atomic mass is 15.1. The molecule has 0 fully saturated rings. The third kappa shape index (κ3) is 3.36. The molecule has 1 aromatic rings. The molecule has 0 saturated heterocycles. The van der Waals surface area contributed by atoms with Crippen molar-refractivity contribution in [3.8, 4) is 0 Å². The lowest BCUT2D eigenvalue weighted by atomic mass is 9.93. The predicted molar refractivity (Wildman–Crippen MR) is 82.0 cm³/mol. The Labute approximate surface area is 116 Å². The predicted octanol–water partition coefficient (Wildman–Crippen LogP) is 4.13. The van der Waals surface area contributed by atoms with Crippen LogP contribution in [0, 0.1) is 5.92 Å². The Morgan fingerprint density at radius 1 is 1.11 bits per heavy atom. The fourth-order valence-electron chi connectivity index (χ4n) is 3.18. The average Bonchev–Trinajstić information content (AvgIpc) is 2.50. The Kier molecular flexibility index (Phi) is 4.14. The lowest BCUT2D eigenvalue weighted by Gasteiger charge is -2.30. The van der Waals surface area contributed by atoms with E-state index in [0.717, 1.165) is 12.5 Å². The summed E-state index contributed by atoms with van der Waals surface area (Å²) in [6.07, 6.45) is 12.3. The van der Waals surface area contributed by atoms with Crippen LogP contribution in [0.3, 0.4) is 0 Å². The summed E-state index contributed by atoms with van der Waals surface area (Å²) in [5.74, 6) is 0.886. The minimum atomic E-state index is 0.886. The van der Waals surface area contributed by atoms with Gasteiger partial charge in [0.05, 0.1) is 0 Å². The van der Waals surface area contributed by atoms with Crippen molar-refractivity contribution in [3.63, 3.8) is 0 Å². The number of benzene rings is 1. The van der Waals surface area contributed by atoms with E-state index in [-0.39, 0.29) is 0 Å². The van der Waals surface area contributed by atoms with E-state index in [9.17, 15) is 0 Å². The Morgan fingerprint density at radius 2 is 2.00 bits per heavy atom. The van der Waals surface area contributed by atoms with E-state index in [4.69, 9.17) is 0 Å². The van der Waals surface area contributed by atoms with Crippen molar-refractivity contribution in [1.82, 2.24) is 4.90 Å². The van der Waals surface area contributed by atoms with E-state index in [1.807, 2.05) is 0 Å². The molecule has 1 aromatic carbocycles. The highest BCUT2D eigenvalue weighted by Crippen LogP contribution is 2.24. The third-order valence-electron chi connectivity index (χ3n) is 4.33. The zero-order valence-corrected chi connectivity index (χ0v) is 11.6. The van der Waals surface area contributed by atoms with Crippen LogP contribution in [0.15, 0.2) is 48.6 Å². The molecule has 0 amide bonds. The number of hydrogen-bond donors (Lipinski definition) is 0. The van der Waals surface area contributed by atoms with Gasteiger partial charge < -0.3 is 0 Å². The van der Waals surface area contributed by atoms with Gasteiger partial charge in [-0.2, -0.15) is 0 Å². The van der Waals surface area contributed by atoms with Crippen molar-refractivity contribution in [2.24, 2.45) is 5.92 Å². The summed E-state index contributed by atoms with van der Waals surface area (Å²) in [6, 6.07) is 10.8. The van der Waals surface area contributed by atoms with Gasteiger partial charge in [0.15, 0.2) is 0 Å². The van der Waals surface area contributed by atoms with Crippen LogP contribution in [0.1, 0.15) is 31.2 Å². The summed E-state index contributed by atoms with van der Waals surface area (Å²) < 4.78 is 0. The highest BCUT2D eigenvalue weighted by molar-refractivity contribution is 5.66. The lowest BCUT2D eigenvalue weighted by molar-refractivity contribution is 0.242. The van der Waals surface area contributed by atoms with Crippen LogP contribution < -0.4 is 0 Å². The molecule has 0 N–H and O–H groups in total. The first-order valence-electron chi connectivity index (χ1n) is 7.53. The second-order valence-electron chi connectivity index (χ2n) is 5.76. The number of nitrogens with zero attached hydrogens (tertiary/aromatic N) is 1. The number of allylic oxidation sites excluding steroid dienone is 2. The van der Waals surface area contributed by atoms with Crippen LogP contribution in [0.5, 0.6) is 0 Å². The molecule has 0 aromatic heterocycles. The van der Waals surface area contributed by atoms with Crippen LogP contribution in [0.2, 0.25) is 0 Å². The van der Waals surface area contributed by atoms with Crippen molar-refractivity contribution in [2.45, 2.75) is 25.7 Å². The van der Waals surface area contributed by atoms with Crippen LogP contribution in [-0.4, -0.2) is 24.5 Å². The quantitative estimate of drug-likeness (QED) is 0.732. The molecule has 19 heavy (non-hydrogen) atoms. The third-order valence-corrected chi connectivity index (χ3v) is 4.33.